The molecule has 1 rings (SSSR count). The second kappa shape index (κ2) is 9.91. The summed E-state index contributed by atoms with van der Waals surface area (Å²) in [5.74, 6) is 1.43. The third-order valence-electron chi connectivity index (χ3n) is 3.29. The number of benzene rings is 1. The lowest BCUT2D eigenvalue weighted by atomic mass is 10.1. The maximum atomic E-state index is 11.9. The van der Waals surface area contributed by atoms with Gasteiger partial charge in [-0.3, -0.25) is 4.79 Å². The van der Waals surface area contributed by atoms with Crippen LogP contribution in [0.3, 0.4) is 0 Å². The molecule has 1 aromatic rings. The molecular weight excluding hydrogens is 316 g/mol. The zero-order valence-corrected chi connectivity index (χ0v) is 16.3. The number of rotatable bonds is 7. The van der Waals surface area contributed by atoms with E-state index >= 15 is 0 Å². The van der Waals surface area contributed by atoms with Crippen LogP contribution < -0.4 is 20.7 Å². The van der Waals surface area contributed by atoms with E-state index in [9.17, 15) is 4.79 Å². The molecule has 0 saturated heterocycles. The first-order chi connectivity index (χ1) is 11.7. The number of para-hydroxylation sites is 1. The zero-order valence-electron chi connectivity index (χ0n) is 16.3. The van der Waals surface area contributed by atoms with Crippen LogP contribution in [0.2, 0.25) is 0 Å². The van der Waals surface area contributed by atoms with Gasteiger partial charge >= 0.3 is 0 Å². The SMILES string of the molecule is CCNC(=NCC(=O)NC(C)(C)C)NCCOc1c(C)cccc1C. The van der Waals surface area contributed by atoms with Gasteiger partial charge < -0.3 is 20.7 Å². The average molecular weight is 348 g/mol. The van der Waals surface area contributed by atoms with Crippen molar-refractivity contribution >= 4 is 11.9 Å². The van der Waals surface area contributed by atoms with Gasteiger partial charge in [0, 0.05) is 12.1 Å². The van der Waals surface area contributed by atoms with Gasteiger partial charge in [0.1, 0.15) is 18.9 Å². The number of ether oxygens (including phenoxy) is 1. The van der Waals surface area contributed by atoms with Crippen molar-refractivity contribution < 1.29 is 9.53 Å². The highest BCUT2D eigenvalue weighted by atomic mass is 16.5. The van der Waals surface area contributed by atoms with Gasteiger partial charge in [0.15, 0.2) is 5.96 Å². The molecule has 0 radical (unpaired) electrons. The number of aryl methyl sites for hydroxylation is 2. The van der Waals surface area contributed by atoms with E-state index in [0.717, 1.165) is 23.4 Å². The lowest BCUT2D eigenvalue weighted by Crippen LogP contribution is -2.43. The molecule has 0 aliphatic rings. The van der Waals surface area contributed by atoms with Gasteiger partial charge in [-0.1, -0.05) is 18.2 Å². The molecule has 0 atom stereocenters. The maximum absolute atomic E-state index is 11.9. The van der Waals surface area contributed by atoms with Gasteiger partial charge in [-0.05, 0) is 52.7 Å². The second-order valence-corrected chi connectivity index (χ2v) is 6.99. The number of aliphatic imine (C=N–C) groups is 1. The molecule has 6 heteroatoms. The highest BCUT2D eigenvalue weighted by Crippen LogP contribution is 2.21. The minimum Gasteiger partial charge on any atom is -0.491 e. The van der Waals surface area contributed by atoms with Crippen molar-refractivity contribution in [1.29, 1.82) is 0 Å². The number of guanidine groups is 1. The van der Waals surface area contributed by atoms with Gasteiger partial charge in [0.2, 0.25) is 5.91 Å². The third-order valence-corrected chi connectivity index (χ3v) is 3.29. The highest BCUT2D eigenvalue weighted by molar-refractivity contribution is 5.85. The Balaban J connectivity index is 2.47. The zero-order chi connectivity index (χ0) is 18.9. The Morgan fingerprint density at radius 3 is 2.36 bits per heavy atom. The minimum atomic E-state index is -0.252. The van der Waals surface area contributed by atoms with Crippen LogP contribution in [0.1, 0.15) is 38.8 Å². The fraction of sp³-hybridized carbons (Fsp3) is 0.579. The summed E-state index contributed by atoms with van der Waals surface area (Å²) in [6.07, 6.45) is 0. The largest absolute Gasteiger partial charge is 0.491 e. The number of nitrogens with zero attached hydrogens (tertiary/aromatic N) is 1. The molecule has 140 valence electrons. The quantitative estimate of drug-likeness (QED) is 0.401. The predicted molar refractivity (Wildman–Crippen MR) is 103 cm³/mol. The molecule has 0 aliphatic heterocycles. The Labute approximate surface area is 151 Å². The van der Waals surface area contributed by atoms with Crippen LogP contribution in [0.5, 0.6) is 5.75 Å². The van der Waals surface area contributed by atoms with Crippen LogP contribution in [0.25, 0.3) is 0 Å². The number of hydrogen-bond acceptors (Lipinski definition) is 3. The first-order valence-electron chi connectivity index (χ1n) is 8.75. The molecule has 0 bridgehead atoms. The number of nitrogens with one attached hydrogen (secondary N) is 3. The Kier molecular flexibility index (Phi) is 8.25. The summed E-state index contributed by atoms with van der Waals surface area (Å²) in [7, 11) is 0. The molecular formula is C19H32N4O2. The van der Waals surface area contributed by atoms with E-state index in [2.05, 4.69) is 20.9 Å². The summed E-state index contributed by atoms with van der Waals surface area (Å²) in [4.78, 5) is 16.2. The minimum absolute atomic E-state index is 0.0877. The topological polar surface area (TPSA) is 74.8 Å². The Morgan fingerprint density at radius 2 is 1.80 bits per heavy atom. The summed E-state index contributed by atoms with van der Waals surface area (Å²) in [5, 5.41) is 9.20. The van der Waals surface area contributed by atoms with E-state index in [1.54, 1.807) is 0 Å². The summed E-state index contributed by atoms with van der Waals surface area (Å²) in [6.45, 7) is 13.8. The summed E-state index contributed by atoms with van der Waals surface area (Å²) in [5.41, 5.74) is 2.00. The Hall–Kier alpha value is -2.24. The first-order valence-corrected chi connectivity index (χ1v) is 8.75. The Bertz CT molecular complexity index is 571. The van der Waals surface area contributed by atoms with E-state index < -0.39 is 0 Å². The molecule has 0 spiro atoms. The molecule has 6 nitrogen and oxygen atoms in total. The van der Waals surface area contributed by atoms with E-state index in [1.807, 2.05) is 59.7 Å². The van der Waals surface area contributed by atoms with Crippen molar-refractivity contribution in [2.24, 2.45) is 4.99 Å². The highest BCUT2D eigenvalue weighted by Gasteiger charge is 2.13. The molecule has 0 fully saturated rings. The van der Waals surface area contributed by atoms with Crippen LogP contribution in [0, 0.1) is 13.8 Å². The predicted octanol–water partition coefficient (Wildman–Crippen LogP) is 2.15. The number of amides is 1. The number of hydrogen-bond donors (Lipinski definition) is 3. The molecule has 0 heterocycles. The van der Waals surface area contributed by atoms with Crippen molar-refractivity contribution in [3.05, 3.63) is 29.3 Å². The number of carbonyl (C=O) groups is 1. The molecule has 0 aliphatic carbocycles. The fourth-order valence-electron chi connectivity index (χ4n) is 2.30. The fourth-order valence-corrected chi connectivity index (χ4v) is 2.30. The van der Waals surface area contributed by atoms with Crippen LogP contribution in [0.15, 0.2) is 23.2 Å². The maximum Gasteiger partial charge on any atom is 0.242 e. The summed E-state index contributed by atoms with van der Waals surface area (Å²) < 4.78 is 5.86. The van der Waals surface area contributed by atoms with Gasteiger partial charge in [-0.25, -0.2) is 4.99 Å². The van der Waals surface area contributed by atoms with E-state index in [-0.39, 0.29) is 18.0 Å². The molecule has 0 aromatic heterocycles. The van der Waals surface area contributed by atoms with Crippen molar-refractivity contribution in [3.8, 4) is 5.75 Å². The first kappa shape index (κ1) is 20.8. The van der Waals surface area contributed by atoms with Gasteiger partial charge in [-0.15, -0.1) is 0 Å². The monoisotopic (exact) mass is 348 g/mol. The smallest absolute Gasteiger partial charge is 0.242 e. The second-order valence-electron chi connectivity index (χ2n) is 6.99. The van der Waals surface area contributed by atoms with Crippen LogP contribution in [-0.4, -0.2) is 43.6 Å². The average Bonchev–Trinajstić information content (AvgIpc) is 2.49. The van der Waals surface area contributed by atoms with Crippen molar-refractivity contribution in [1.82, 2.24) is 16.0 Å². The van der Waals surface area contributed by atoms with Crippen LogP contribution >= 0.6 is 0 Å². The van der Waals surface area contributed by atoms with Gasteiger partial charge in [0.05, 0.1) is 6.54 Å². The molecule has 0 unspecified atom stereocenters. The molecule has 1 aromatic carbocycles. The van der Waals surface area contributed by atoms with E-state index in [1.165, 1.54) is 0 Å². The van der Waals surface area contributed by atoms with Crippen molar-refractivity contribution in [3.63, 3.8) is 0 Å². The van der Waals surface area contributed by atoms with Crippen molar-refractivity contribution in [2.45, 2.75) is 47.1 Å². The van der Waals surface area contributed by atoms with Crippen LogP contribution in [0.4, 0.5) is 0 Å². The molecule has 1 amide bonds. The number of carbonyl (C=O) groups excluding carboxylic acids is 1. The molecule has 3 N–H and O–H groups in total. The lowest BCUT2D eigenvalue weighted by molar-refractivity contribution is -0.121. The molecule has 25 heavy (non-hydrogen) atoms. The standard InChI is InChI=1S/C19H32N4O2/c1-7-20-18(22-13-16(24)23-19(4,5)6)21-11-12-25-17-14(2)9-8-10-15(17)3/h8-10H,7,11-13H2,1-6H3,(H,23,24)(H2,20,21,22). The Morgan fingerprint density at radius 1 is 1.16 bits per heavy atom. The van der Waals surface area contributed by atoms with Crippen LogP contribution in [-0.2, 0) is 4.79 Å². The van der Waals surface area contributed by atoms with Gasteiger partial charge in [0.25, 0.3) is 0 Å². The summed E-state index contributed by atoms with van der Waals surface area (Å²) >= 11 is 0. The summed E-state index contributed by atoms with van der Waals surface area (Å²) in [6, 6.07) is 6.10. The molecule has 0 saturated carbocycles. The van der Waals surface area contributed by atoms with E-state index in [4.69, 9.17) is 4.74 Å². The van der Waals surface area contributed by atoms with E-state index in [0.29, 0.717) is 19.1 Å². The third kappa shape index (κ3) is 8.42. The van der Waals surface area contributed by atoms with Crippen molar-refractivity contribution in [2.75, 3.05) is 26.2 Å². The lowest BCUT2D eigenvalue weighted by Gasteiger charge is -2.20. The normalized spacial score (nSPS) is 11.8. The van der Waals surface area contributed by atoms with Gasteiger partial charge in [-0.2, -0.15) is 0 Å².